The maximum Gasteiger partial charge on any atom is 0.335 e. The summed E-state index contributed by atoms with van der Waals surface area (Å²) in [5.74, 6) is -0.00524. The molecule has 0 aliphatic rings. The number of aryl methyl sites for hydroxylation is 1. The van der Waals surface area contributed by atoms with Crippen molar-refractivity contribution in [2.45, 2.75) is 20.3 Å². The van der Waals surface area contributed by atoms with Crippen LogP contribution in [-0.4, -0.2) is 47.5 Å². The van der Waals surface area contributed by atoms with E-state index in [9.17, 15) is 8.42 Å². The van der Waals surface area contributed by atoms with Crippen LogP contribution in [0.3, 0.4) is 0 Å². The Morgan fingerprint density at radius 3 is 2.09 bits per heavy atom. The number of aromatic nitrogens is 5. The molecule has 2 N–H and O–H groups in total. The molecule has 3 rings (SSSR count). The summed E-state index contributed by atoms with van der Waals surface area (Å²) in [6.45, 7) is 3.62. The topological polar surface area (TPSA) is 159 Å². The first-order chi connectivity index (χ1) is 15.7. The Balaban J connectivity index is 0.000000295. The van der Waals surface area contributed by atoms with Crippen molar-refractivity contribution in [1.29, 1.82) is 0 Å². The standard InChI is InChI=1S/C11H10ClN3.C8H10ClN3O2S.O2S/c1-2-8-4-3-5-13-11(8)9-6-15-10(12)7-14-9;1-2-15(13,14)5-6(10)7-3-12-8(9)4-11-7;1-3-2/h3-7H,2H2,1H3;3-5H,2,10H2,1H3;. The third kappa shape index (κ3) is 10.1. The zero-order valence-corrected chi connectivity index (χ0v) is 20.7. The number of nitrogens with zero attached hydrogens (tertiary/aromatic N) is 5. The van der Waals surface area contributed by atoms with Gasteiger partial charge in [-0.15, -0.1) is 0 Å². The van der Waals surface area contributed by atoms with Gasteiger partial charge in [-0.25, -0.2) is 28.4 Å². The summed E-state index contributed by atoms with van der Waals surface area (Å²) in [5.41, 5.74) is 8.69. The van der Waals surface area contributed by atoms with Crippen molar-refractivity contribution in [2.75, 3.05) is 5.75 Å². The van der Waals surface area contributed by atoms with Crippen molar-refractivity contribution in [3.63, 3.8) is 0 Å². The molecule has 0 radical (unpaired) electrons. The second-order valence-corrected chi connectivity index (χ2v) is 8.96. The lowest BCUT2D eigenvalue weighted by Gasteiger charge is -2.04. The lowest BCUT2D eigenvalue weighted by Crippen LogP contribution is -2.05. The summed E-state index contributed by atoms with van der Waals surface area (Å²) >= 11 is 10.5. The largest absolute Gasteiger partial charge is 0.396 e. The molecule has 0 aliphatic carbocycles. The van der Waals surface area contributed by atoms with Crippen LogP contribution in [0.2, 0.25) is 10.3 Å². The van der Waals surface area contributed by atoms with Crippen LogP contribution in [0.5, 0.6) is 0 Å². The highest BCUT2D eigenvalue weighted by atomic mass is 35.5. The van der Waals surface area contributed by atoms with Gasteiger partial charge in [0.2, 0.25) is 0 Å². The highest BCUT2D eigenvalue weighted by Crippen LogP contribution is 2.19. The Hall–Kier alpha value is -2.80. The Kier molecular flexibility index (Phi) is 12.3. The van der Waals surface area contributed by atoms with Gasteiger partial charge in [0.25, 0.3) is 0 Å². The van der Waals surface area contributed by atoms with Gasteiger partial charge in [-0.1, -0.05) is 43.1 Å². The van der Waals surface area contributed by atoms with Gasteiger partial charge in [-0.3, -0.25) is 4.98 Å². The molecule has 3 aromatic heterocycles. The molecule has 0 atom stereocenters. The molecule has 0 saturated heterocycles. The average Bonchev–Trinajstić information content (AvgIpc) is 2.81. The molecule has 0 aromatic carbocycles. The summed E-state index contributed by atoms with van der Waals surface area (Å²) in [4.78, 5) is 20.1. The van der Waals surface area contributed by atoms with E-state index in [1.54, 1.807) is 12.4 Å². The second-order valence-electron chi connectivity index (χ2n) is 5.91. The quantitative estimate of drug-likeness (QED) is 0.519. The smallest absolute Gasteiger partial charge is 0.335 e. The number of sulfone groups is 1. The highest BCUT2D eigenvalue weighted by Gasteiger charge is 2.07. The third-order valence-corrected chi connectivity index (χ3v) is 5.57. The molecular formula is C19H20Cl2N6O4S2. The minimum absolute atomic E-state index is 0.00524. The lowest BCUT2D eigenvalue weighted by molar-refractivity contribution is 0.605. The van der Waals surface area contributed by atoms with Crippen LogP contribution in [0.25, 0.3) is 17.1 Å². The fourth-order valence-corrected chi connectivity index (χ4v) is 3.06. The molecule has 10 nitrogen and oxygen atoms in total. The number of rotatable bonds is 5. The van der Waals surface area contributed by atoms with E-state index in [1.165, 1.54) is 25.5 Å². The molecule has 0 bridgehead atoms. The summed E-state index contributed by atoms with van der Waals surface area (Å²) in [6.07, 6.45) is 8.47. The molecule has 0 spiro atoms. The van der Waals surface area contributed by atoms with E-state index in [0.29, 0.717) is 5.15 Å². The predicted octanol–water partition coefficient (Wildman–Crippen LogP) is 2.91. The van der Waals surface area contributed by atoms with E-state index in [2.05, 4.69) is 31.8 Å². The van der Waals surface area contributed by atoms with E-state index in [1.807, 2.05) is 12.1 Å². The second kappa shape index (κ2) is 14.4. The summed E-state index contributed by atoms with van der Waals surface area (Å²) in [5, 5.41) is 1.60. The predicted molar refractivity (Wildman–Crippen MR) is 127 cm³/mol. The SMILES string of the molecule is CCS(=O)(=O)C=C(N)c1cnc(Cl)cn1.CCc1cccnc1-c1cnc(Cl)cn1.O=S=O. The number of hydrogen-bond acceptors (Lipinski definition) is 10. The van der Waals surface area contributed by atoms with E-state index >= 15 is 0 Å². The van der Waals surface area contributed by atoms with Gasteiger partial charge in [0.05, 0.1) is 47.3 Å². The number of hydrogen-bond donors (Lipinski definition) is 1. The molecule has 3 aromatic rings. The Morgan fingerprint density at radius 1 is 1.00 bits per heavy atom. The zero-order chi connectivity index (χ0) is 24.9. The average molecular weight is 531 g/mol. The monoisotopic (exact) mass is 530 g/mol. The zero-order valence-electron chi connectivity index (χ0n) is 17.6. The maximum absolute atomic E-state index is 11.2. The number of nitrogens with two attached hydrogens (primary N) is 1. The molecule has 14 heteroatoms. The van der Waals surface area contributed by atoms with Crippen LogP contribution in [-0.2, 0) is 27.8 Å². The lowest BCUT2D eigenvalue weighted by atomic mass is 10.1. The van der Waals surface area contributed by atoms with Crippen LogP contribution in [0, 0.1) is 0 Å². The van der Waals surface area contributed by atoms with Gasteiger partial charge < -0.3 is 5.73 Å². The van der Waals surface area contributed by atoms with Crippen molar-refractivity contribution in [2.24, 2.45) is 5.73 Å². The highest BCUT2D eigenvalue weighted by molar-refractivity contribution is 7.94. The molecule has 33 heavy (non-hydrogen) atoms. The van der Waals surface area contributed by atoms with Gasteiger partial charge in [-0.2, -0.15) is 8.42 Å². The van der Waals surface area contributed by atoms with Crippen LogP contribution in [0.15, 0.2) is 48.5 Å². The summed E-state index contributed by atoms with van der Waals surface area (Å²) in [7, 11) is -3.26. The van der Waals surface area contributed by atoms with Gasteiger partial charge >= 0.3 is 11.6 Å². The van der Waals surface area contributed by atoms with Gasteiger partial charge in [-0.05, 0) is 18.1 Å². The van der Waals surface area contributed by atoms with Crippen LogP contribution >= 0.6 is 23.2 Å². The van der Waals surface area contributed by atoms with Crippen LogP contribution < -0.4 is 5.73 Å². The van der Waals surface area contributed by atoms with Crippen molar-refractivity contribution in [3.8, 4) is 11.4 Å². The molecule has 0 fully saturated rings. The first-order valence-electron chi connectivity index (χ1n) is 9.18. The Morgan fingerprint density at radius 2 is 1.61 bits per heavy atom. The Labute approximate surface area is 204 Å². The van der Waals surface area contributed by atoms with Crippen molar-refractivity contribution in [1.82, 2.24) is 24.9 Å². The normalized spacial score (nSPS) is 10.8. The Bertz CT molecular complexity index is 1200. The summed E-state index contributed by atoms with van der Waals surface area (Å²) < 4.78 is 39.0. The molecule has 0 aliphatic heterocycles. The molecule has 0 unspecified atom stereocenters. The van der Waals surface area contributed by atoms with Crippen LogP contribution in [0.4, 0.5) is 0 Å². The number of halogens is 2. The maximum atomic E-state index is 11.2. The first kappa shape index (κ1) is 28.2. The van der Waals surface area contributed by atoms with Gasteiger partial charge in [0, 0.05) is 6.20 Å². The summed E-state index contributed by atoms with van der Waals surface area (Å²) in [6, 6.07) is 3.96. The molecule has 3 heterocycles. The molecule has 0 saturated carbocycles. The van der Waals surface area contributed by atoms with E-state index in [0.717, 1.165) is 28.8 Å². The van der Waals surface area contributed by atoms with E-state index in [4.69, 9.17) is 37.4 Å². The fraction of sp³-hybridized carbons (Fsp3) is 0.211. The fourth-order valence-electron chi connectivity index (χ4n) is 2.19. The molecule has 176 valence electrons. The van der Waals surface area contributed by atoms with Crippen molar-refractivity contribution >= 4 is 50.3 Å². The van der Waals surface area contributed by atoms with E-state index in [-0.39, 0.29) is 22.3 Å². The van der Waals surface area contributed by atoms with Gasteiger partial charge in [0.1, 0.15) is 21.7 Å². The first-order valence-corrected chi connectivity index (χ1v) is 12.3. The van der Waals surface area contributed by atoms with E-state index < -0.39 is 21.4 Å². The third-order valence-electron chi connectivity index (χ3n) is 3.76. The van der Waals surface area contributed by atoms with Crippen LogP contribution in [0.1, 0.15) is 25.1 Å². The minimum atomic E-state index is -3.26. The van der Waals surface area contributed by atoms with Crippen molar-refractivity contribution < 1.29 is 16.8 Å². The minimum Gasteiger partial charge on any atom is -0.396 e. The molecular weight excluding hydrogens is 511 g/mol. The van der Waals surface area contributed by atoms with Gasteiger partial charge in [0.15, 0.2) is 9.84 Å². The van der Waals surface area contributed by atoms with Crippen molar-refractivity contribution in [3.05, 3.63) is 70.1 Å². The number of pyridine rings is 1. The molecule has 0 amide bonds.